The maximum absolute atomic E-state index is 3.69. The molecule has 0 saturated heterocycles. The second-order valence-electron chi connectivity index (χ2n) is 5.90. The van der Waals surface area contributed by atoms with Gasteiger partial charge >= 0.3 is 0 Å². The van der Waals surface area contributed by atoms with Gasteiger partial charge in [0.25, 0.3) is 0 Å². The van der Waals surface area contributed by atoms with Crippen LogP contribution in [0.2, 0.25) is 0 Å². The molecule has 1 aromatic carbocycles. The van der Waals surface area contributed by atoms with Crippen LogP contribution in [-0.2, 0) is 6.54 Å². The second kappa shape index (κ2) is 4.81. The Hall–Kier alpha value is -0.820. The Labute approximate surface area is 105 Å². The molecule has 2 aliphatic carbocycles. The second-order valence-corrected chi connectivity index (χ2v) is 5.90. The van der Waals surface area contributed by atoms with Crippen molar-refractivity contribution in [2.24, 2.45) is 17.8 Å². The predicted octanol–water partition coefficient (Wildman–Crippen LogP) is 3.52. The smallest absolute Gasteiger partial charge is 0.0208 e. The molecule has 0 aromatic heterocycles. The van der Waals surface area contributed by atoms with Gasteiger partial charge in [-0.1, -0.05) is 24.3 Å². The van der Waals surface area contributed by atoms with Crippen molar-refractivity contribution in [1.29, 1.82) is 0 Å². The Kier molecular flexibility index (Phi) is 3.19. The molecule has 0 unspecified atom stereocenters. The number of aryl methyl sites for hydroxylation is 1. The van der Waals surface area contributed by atoms with E-state index < -0.39 is 0 Å². The molecule has 92 valence electrons. The lowest BCUT2D eigenvalue weighted by Gasteiger charge is -2.16. The van der Waals surface area contributed by atoms with E-state index >= 15 is 0 Å². The van der Waals surface area contributed by atoms with Crippen LogP contribution in [-0.4, -0.2) is 6.54 Å². The molecule has 0 spiro atoms. The van der Waals surface area contributed by atoms with Gasteiger partial charge in [-0.3, -0.25) is 0 Å². The average molecular weight is 229 g/mol. The third-order valence-electron chi connectivity index (χ3n) is 4.41. The van der Waals surface area contributed by atoms with Crippen LogP contribution in [0.4, 0.5) is 0 Å². The number of rotatable bonds is 6. The molecule has 1 heteroatoms. The van der Waals surface area contributed by atoms with Crippen molar-refractivity contribution in [3.05, 3.63) is 35.4 Å². The zero-order valence-corrected chi connectivity index (χ0v) is 10.8. The minimum absolute atomic E-state index is 0.985. The molecule has 0 heterocycles. The third-order valence-corrected chi connectivity index (χ3v) is 4.41. The Morgan fingerprint density at radius 3 is 2.35 bits per heavy atom. The van der Waals surface area contributed by atoms with E-state index in [9.17, 15) is 0 Å². The number of hydrogen-bond acceptors (Lipinski definition) is 1. The van der Waals surface area contributed by atoms with Gasteiger partial charge in [-0.2, -0.15) is 0 Å². The molecule has 0 amide bonds. The van der Waals surface area contributed by atoms with E-state index in [1.54, 1.807) is 0 Å². The van der Waals surface area contributed by atoms with Gasteiger partial charge in [-0.05, 0) is 68.0 Å². The summed E-state index contributed by atoms with van der Waals surface area (Å²) in [5.41, 5.74) is 2.87. The van der Waals surface area contributed by atoms with Crippen LogP contribution in [0.5, 0.6) is 0 Å². The van der Waals surface area contributed by atoms with Crippen molar-refractivity contribution < 1.29 is 0 Å². The zero-order chi connectivity index (χ0) is 11.7. The zero-order valence-electron chi connectivity index (χ0n) is 10.8. The summed E-state index contributed by atoms with van der Waals surface area (Å²) >= 11 is 0. The maximum atomic E-state index is 3.69. The molecule has 0 aliphatic heterocycles. The van der Waals surface area contributed by atoms with Gasteiger partial charge in [0.05, 0.1) is 0 Å². The van der Waals surface area contributed by atoms with Gasteiger partial charge in [0, 0.05) is 6.54 Å². The summed E-state index contributed by atoms with van der Waals surface area (Å²) in [6, 6.07) is 8.71. The average Bonchev–Trinajstić information content (AvgIpc) is 3.18. The molecular weight excluding hydrogens is 206 g/mol. The van der Waals surface area contributed by atoms with Gasteiger partial charge in [0.1, 0.15) is 0 Å². The summed E-state index contributed by atoms with van der Waals surface area (Å²) in [4.78, 5) is 0. The fourth-order valence-electron chi connectivity index (χ4n) is 2.95. The topological polar surface area (TPSA) is 12.0 Å². The quantitative estimate of drug-likeness (QED) is 0.787. The van der Waals surface area contributed by atoms with E-state index in [0.29, 0.717) is 0 Å². The van der Waals surface area contributed by atoms with E-state index in [1.165, 1.54) is 43.4 Å². The summed E-state index contributed by atoms with van der Waals surface area (Å²) in [7, 11) is 0. The van der Waals surface area contributed by atoms with Crippen LogP contribution in [0, 0.1) is 24.7 Å². The normalized spacial score (nSPS) is 19.9. The first-order valence-electron chi connectivity index (χ1n) is 7.10. The summed E-state index contributed by atoms with van der Waals surface area (Å²) in [6.45, 7) is 4.49. The fraction of sp³-hybridized carbons (Fsp3) is 0.625. The van der Waals surface area contributed by atoms with Crippen molar-refractivity contribution in [2.45, 2.75) is 39.2 Å². The predicted molar refractivity (Wildman–Crippen MR) is 71.8 cm³/mol. The highest BCUT2D eigenvalue weighted by Crippen LogP contribution is 2.48. The molecular formula is C16H23N. The highest BCUT2D eigenvalue weighted by Gasteiger charge is 2.40. The summed E-state index contributed by atoms with van der Waals surface area (Å²) < 4.78 is 0. The highest BCUT2D eigenvalue weighted by atomic mass is 14.9. The lowest BCUT2D eigenvalue weighted by atomic mass is 9.98. The van der Waals surface area contributed by atoms with Crippen molar-refractivity contribution in [1.82, 2.24) is 5.32 Å². The molecule has 2 aliphatic rings. The molecule has 0 radical (unpaired) electrons. The molecule has 17 heavy (non-hydrogen) atoms. The van der Waals surface area contributed by atoms with E-state index in [4.69, 9.17) is 0 Å². The highest BCUT2D eigenvalue weighted by molar-refractivity contribution is 5.25. The third kappa shape index (κ3) is 2.90. The van der Waals surface area contributed by atoms with Crippen molar-refractivity contribution in [3.63, 3.8) is 0 Å². The van der Waals surface area contributed by atoms with Gasteiger partial charge < -0.3 is 5.32 Å². The molecule has 1 N–H and O–H groups in total. The van der Waals surface area contributed by atoms with Gasteiger partial charge in [0.2, 0.25) is 0 Å². The van der Waals surface area contributed by atoms with E-state index in [-0.39, 0.29) is 0 Å². The van der Waals surface area contributed by atoms with Gasteiger partial charge in [0.15, 0.2) is 0 Å². The number of hydrogen-bond donors (Lipinski definition) is 1. The minimum Gasteiger partial charge on any atom is -0.312 e. The molecule has 1 nitrogen and oxygen atoms in total. The van der Waals surface area contributed by atoms with E-state index in [1.807, 2.05) is 0 Å². The molecule has 0 bridgehead atoms. The van der Waals surface area contributed by atoms with Gasteiger partial charge in [-0.15, -0.1) is 0 Å². The monoisotopic (exact) mass is 229 g/mol. The Morgan fingerprint density at radius 1 is 1.12 bits per heavy atom. The maximum Gasteiger partial charge on any atom is 0.0208 e. The molecule has 2 saturated carbocycles. The lowest BCUT2D eigenvalue weighted by Crippen LogP contribution is -2.25. The Bertz CT molecular complexity index is 365. The first-order chi connectivity index (χ1) is 8.34. The van der Waals surface area contributed by atoms with E-state index in [0.717, 1.165) is 24.3 Å². The van der Waals surface area contributed by atoms with Crippen LogP contribution >= 0.6 is 0 Å². The van der Waals surface area contributed by atoms with Crippen molar-refractivity contribution in [2.75, 3.05) is 6.54 Å². The van der Waals surface area contributed by atoms with Crippen LogP contribution < -0.4 is 5.32 Å². The van der Waals surface area contributed by atoms with Crippen LogP contribution in [0.15, 0.2) is 24.3 Å². The van der Waals surface area contributed by atoms with Crippen molar-refractivity contribution >= 4 is 0 Å². The summed E-state index contributed by atoms with van der Waals surface area (Å²) in [5.74, 6) is 3.11. The first kappa shape index (κ1) is 11.3. The Morgan fingerprint density at radius 2 is 1.76 bits per heavy atom. The first-order valence-corrected chi connectivity index (χ1v) is 7.10. The number of nitrogens with one attached hydrogen (secondary N) is 1. The van der Waals surface area contributed by atoms with Crippen LogP contribution in [0.3, 0.4) is 0 Å². The molecule has 2 fully saturated rings. The van der Waals surface area contributed by atoms with Gasteiger partial charge in [-0.25, -0.2) is 0 Å². The standard InChI is InChI=1S/C16H23N/c1-12-4-2-3-5-15(12)10-17-11-16(13-6-7-13)14-8-9-14/h2-5,13-14,16-17H,6-11H2,1H3. The van der Waals surface area contributed by atoms with Crippen LogP contribution in [0.1, 0.15) is 36.8 Å². The lowest BCUT2D eigenvalue weighted by molar-refractivity contribution is 0.378. The largest absolute Gasteiger partial charge is 0.312 e. The summed E-state index contributed by atoms with van der Waals surface area (Å²) in [6.07, 6.45) is 5.97. The SMILES string of the molecule is Cc1ccccc1CNCC(C1CC1)C1CC1. The Balaban J connectivity index is 1.49. The molecule has 1 aromatic rings. The minimum atomic E-state index is 0.985. The van der Waals surface area contributed by atoms with E-state index in [2.05, 4.69) is 36.5 Å². The fourth-order valence-corrected chi connectivity index (χ4v) is 2.95. The molecule has 3 rings (SSSR count). The molecule has 0 atom stereocenters. The van der Waals surface area contributed by atoms with Crippen LogP contribution in [0.25, 0.3) is 0 Å². The van der Waals surface area contributed by atoms with Crippen molar-refractivity contribution in [3.8, 4) is 0 Å². The summed E-state index contributed by atoms with van der Waals surface area (Å²) in [5, 5.41) is 3.69. The number of benzene rings is 1.